The molecule has 230 valence electrons. The number of ether oxygens (including phenoxy) is 3. The van der Waals surface area contributed by atoms with Crippen LogP contribution in [0.3, 0.4) is 0 Å². The van der Waals surface area contributed by atoms with Crippen LogP contribution in [0.25, 0.3) is 0 Å². The first-order valence-corrected chi connectivity index (χ1v) is 15.0. The van der Waals surface area contributed by atoms with Gasteiger partial charge in [0.15, 0.2) is 0 Å². The molecule has 4 heterocycles. The number of methoxy groups -OCH3 is 1. The fourth-order valence-corrected chi connectivity index (χ4v) is 6.30. The van der Waals surface area contributed by atoms with Crippen molar-refractivity contribution in [3.05, 3.63) is 58.7 Å². The van der Waals surface area contributed by atoms with Crippen LogP contribution in [-0.4, -0.2) is 78.5 Å². The molecule has 3 aliphatic heterocycles. The summed E-state index contributed by atoms with van der Waals surface area (Å²) in [5.74, 6) is -1.74. The number of amides is 1. The molecule has 11 heteroatoms. The van der Waals surface area contributed by atoms with Gasteiger partial charge in [0, 0.05) is 50.1 Å². The van der Waals surface area contributed by atoms with Gasteiger partial charge in [-0.05, 0) is 63.9 Å². The van der Waals surface area contributed by atoms with E-state index in [1.54, 1.807) is 18.9 Å². The third kappa shape index (κ3) is 7.48. The first-order valence-electron chi connectivity index (χ1n) is 15.0. The number of nitrogens with one attached hydrogen (secondary N) is 1. The molecule has 0 saturated carbocycles. The highest BCUT2D eigenvalue weighted by atomic mass is 19.4. The lowest BCUT2D eigenvalue weighted by atomic mass is 9.95. The van der Waals surface area contributed by atoms with Crippen molar-refractivity contribution in [1.29, 1.82) is 0 Å². The Kier molecular flexibility index (Phi) is 10.1. The van der Waals surface area contributed by atoms with Gasteiger partial charge in [0.2, 0.25) is 5.82 Å². The predicted octanol–water partition coefficient (Wildman–Crippen LogP) is 5.04. The molecule has 42 heavy (non-hydrogen) atoms. The van der Waals surface area contributed by atoms with Crippen LogP contribution >= 0.6 is 0 Å². The number of aryl methyl sites for hydroxylation is 1. The van der Waals surface area contributed by atoms with Crippen LogP contribution in [-0.2, 0) is 26.8 Å². The monoisotopic (exact) mass is 590 g/mol. The minimum Gasteiger partial charge on any atom is -0.379 e. The van der Waals surface area contributed by atoms with Gasteiger partial charge >= 0.3 is 6.18 Å². The number of hydrogen-bond donors (Lipinski definition) is 1. The molecule has 1 N–H and O–H groups in total. The fraction of sp³-hybridized carbons (Fsp3) is 0.645. The van der Waals surface area contributed by atoms with E-state index in [4.69, 9.17) is 14.2 Å². The van der Waals surface area contributed by atoms with Gasteiger partial charge in [-0.3, -0.25) is 4.79 Å². The second kappa shape index (κ2) is 13.8. The second-order valence-corrected chi connectivity index (χ2v) is 11.6. The van der Waals surface area contributed by atoms with Crippen molar-refractivity contribution in [3.8, 4) is 0 Å². The van der Waals surface area contributed by atoms with E-state index < -0.39 is 17.9 Å². The lowest BCUT2D eigenvalue weighted by molar-refractivity contribution is -0.145. The van der Waals surface area contributed by atoms with Crippen LogP contribution in [0.15, 0.2) is 30.3 Å². The van der Waals surface area contributed by atoms with Crippen LogP contribution < -0.4 is 5.32 Å². The van der Waals surface area contributed by atoms with Gasteiger partial charge in [-0.15, -0.1) is 0 Å². The minimum absolute atomic E-state index is 0.0236. The Labute approximate surface area is 245 Å². The van der Waals surface area contributed by atoms with Gasteiger partial charge in [0.1, 0.15) is 5.69 Å². The summed E-state index contributed by atoms with van der Waals surface area (Å²) in [4.78, 5) is 22.8. The number of likely N-dealkylation sites (tertiary alicyclic amines) is 1. The van der Waals surface area contributed by atoms with Gasteiger partial charge < -0.3 is 24.4 Å². The number of nitrogens with zero attached hydrogens (tertiary/aromatic N) is 3. The average molecular weight is 591 g/mol. The SMILES string of the molecule is CO[C@H]1COCC[C@H]1NC1CCN(C(=O)c2nc(C(F)(F)F)nc(CC[C@H]3CCC[C@@H](c4ccccc4)O3)c2C)CC1. The number of halogens is 3. The Bertz CT molecular complexity index is 1190. The van der Waals surface area contributed by atoms with Gasteiger partial charge in [-0.2, -0.15) is 13.2 Å². The molecule has 0 radical (unpaired) electrons. The maximum absolute atomic E-state index is 13.9. The number of aromatic nitrogens is 2. The smallest absolute Gasteiger partial charge is 0.379 e. The van der Waals surface area contributed by atoms with Gasteiger partial charge in [0.05, 0.1) is 24.9 Å². The van der Waals surface area contributed by atoms with Crippen LogP contribution in [0.5, 0.6) is 0 Å². The lowest BCUT2D eigenvalue weighted by Crippen LogP contribution is -2.54. The lowest BCUT2D eigenvalue weighted by Gasteiger charge is -2.38. The predicted molar refractivity (Wildman–Crippen MR) is 150 cm³/mol. The zero-order valence-corrected chi connectivity index (χ0v) is 24.4. The number of piperidine rings is 1. The number of alkyl halides is 3. The maximum atomic E-state index is 13.9. The standard InChI is InChI=1S/C31H41F3N4O4/c1-20-24(12-11-23-9-6-10-26(42-23)21-7-4-3-5-8-21)36-30(31(32,33)34)37-28(20)29(39)38-16-13-22(14-17-38)35-25-15-18-41-19-27(25)40-2/h3-5,7-8,22-23,25-27,35H,6,9-19H2,1-2H3/t23-,25-,26+,27+/m1/s1. The second-order valence-electron chi connectivity index (χ2n) is 11.6. The van der Waals surface area contributed by atoms with Crippen molar-refractivity contribution >= 4 is 5.91 Å². The summed E-state index contributed by atoms with van der Waals surface area (Å²) in [5, 5.41) is 3.64. The molecule has 0 spiro atoms. The van der Waals surface area contributed by atoms with Crippen molar-refractivity contribution in [3.63, 3.8) is 0 Å². The van der Waals surface area contributed by atoms with Crippen LogP contribution in [0.2, 0.25) is 0 Å². The van der Waals surface area contributed by atoms with E-state index >= 15 is 0 Å². The van der Waals surface area contributed by atoms with E-state index in [2.05, 4.69) is 15.3 Å². The highest BCUT2D eigenvalue weighted by molar-refractivity contribution is 5.94. The zero-order valence-electron chi connectivity index (χ0n) is 24.4. The molecule has 0 unspecified atom stereocenters. The minimum atomic E-state index is -4.75. The highest BCUT2D eigenvalue weighted by Gasteiger charge is 2.38. The molecular formula is C31H41F3N4O4. The summed E-state index contributed by atoms with van der Waals surface area (Å²) in [7, 11) is 1.67. The van der Waals surface area contributed by atoms with Crippen LogP contribution in [0, 0.1) is 6.92 Å². The molecule has 4 atom stereocenters. The summed E-state index contributed by atoms with van der Waals surface area (Å²) in [6, 6.07) is 10.4. The average Bonchev–Trinajstić information content (AvgIpc) is 3.01. The first-order chi connectivity index (χ1) is 20.2. The Morgan fingerprint density at radius 2 is 1.86 bits per heavy atom. The summed E-state index contributed by atoms with van der Waals surface area (Å²) in [6.07, 6.45) is 0.894. The fourth-order valence-electron chi connectivity index (χ4n) is 6.30. The van der Waals surface area contributed by atoms with E-state index in [1.165, 1.54) is 0 Å². The van der Waals surface area contributed by atoms with E-state index in [9.17, 15) is 18.0 Å². The number of benzene rings is 1. The highest BCUT2D eigenvalue weighted by Crippen LogP contribution is 2.34. The molecule has 3 aliphatic rings. The molecule has 2 aromatic rings. The Morgan fingerprint density at radius 3 is 2.57 bits per heavy atom. The number of rotatable bonds is 8. The quantitative estimate of drug-likeness (QED) is 0.461. The molecule has 1 amide bonds. The normalized spacial score (nSPS) is 25.9. The van der Waals surface area contributed by atoms with E-state index in [0.717, 1.165) is 31.2 Å². The van der Waals surface area contributed by atoms with Gasteiger partial charge in [-0.25, -0.2) is 9.97 Å². The molecule has 8 nitrogen and oxygen atoms in total. The summed E-state index contributed by atoms with van der Waals surface area (Å²) < 4.78 is 58.9. The zero-order chi connectivity index (χ0) is 29.7. The van der Waals surface area contributed by atoms with E-state index in [0.29, 0.717) is 51.1 Å². The largest absolute Gasteiger partial charge is 0.451 e. The van der Waals surface area contributed by atoms with Gasteiger partial charge in [-0.1, -0.05) is 30.3 Å². The van der Waals surface area contributed by atoms with Crippen LogP contribution in [0.1, 0.15) is 84.2 Å². The summed E-state index contributed by atoms with van der Waals surface area (Å²) >= 11 is 0. The molecule has 5 rings (SSSR count). The molecule has 1 aromatic heterocycles. The summed E-state index contributed by atoms with van der Waals surface area (Å²) in [5.41, 5.74) is 1.62. The van der Waals surface area contributed by atoms with Crippen molar-refractivity contribution in [2.24, 2.45) is 0 Å². The number of carbonyl (C=O) groups is 1. The van der Waals surface area contributed by atoms with Crippen LogP contribution in [0.4, 0.5) is 13.2 Å². The van der Waals surface area contributed by atoms with E-state index in [-0.39, 0.29) is 48.2 Å². The number of carbonyl (C=O) groups excluding carboxylic acids is 1. The molecule has 0 aliphatic carbocycles. The Morgan fingerprint density at radius 1 is 1.10 bits per heavy atom. The third-order valence-corrected chi connectivity index (χ3v) is 8.77. The molecule has 3 saturated heterocycles. The van der Waals surface area contributed by atoms with Gasteiger partial charge in [0.25, 0.3) is 5.91 Å². The molecule has 3 fully saturated rings. The number of hydrogen-bond acceptors (Lipinski definition) is 7. The van der Waals surface area contributed by atoms with Crippen molar-refractivity contribution in [2.45, 2.75) is 94.9 Å². The molecule has 0 bridgehead atoms. The third-order valence-electron chi connectivity index (χ3n) is 8.77. The maximum Gasteiger partial charge on any atom is 0.451 e. The van der Waals surface area contributed by atoms with Crippen molar-refractivity contribution in [1.82, 2.24) is 20.2 Å². The first kappa shape index (κ1) is 30.8. The molecule has 1 aromatic carbocycles. The Balaban J connectivity index is 1.24. The van der Waals surface area contributed by atoms with Crippen molar-refractivity contribution in [2.75, 3.05) is 33.4 Å². The van der Waals surface area contributed by atoms with E-state index in [1.807, 2.05) is 30.3 Å². The van der Waals surface area contributed by atoms with Crippen molar-refractivity contribution < 1.29 is 32.2 Å². The summed E-state index contributed by atoms with van der Waals surface area (Å²) in [6.45, 7) is 3.75. The topological polar surface area (TPSA) is 85.8 Å². The molecular weight excluding hydrogens is 549 g/mol. The Hall–Kier alpha value is -2.60.